The predicted octanol–water partition coefficient (Wildman–Crippen LogP) is 0.570. The van der Waals surface area contributed by atoms with Gasteiger partial charge in [0.25, 0.3) is 0 Å². The van der Waals surface area contributed by atoms with Crippen molar-refractivity contribution in [3.8, 4) is 0 Å². The van der Waals surface area contributed by atoms with Gasteiger partial charge in [-0.05, 0) is 5.92 Å². The van der Waals surface area contributed by atoms with Crippen LogP contribution in [0.3, 0.4) is 0 Å². The van der Waals surface area contributed by atoms with Crippen molar-refractivity contribution in [3.63, 3.8) is 0 Å². The van der Waals surface area contributed by atoms with Crippen LogP contribution < -0.4 is 0 Å². The van der Waals surface area contributed by atoms with Crippen molar-refractivity contribution in [2.75, 3.05) is 6.61 Å². The Hall–Kier alpha value is -1.06. The van der Waals surface area contributed by atoms with E-state index >= 15 is 0 Å². The smallest absolute Gasteiger partial charge is 0.319 e. The zero-order valence-electron chi connectivity index (χ0n) is 7.11. The fraction of sp³-hybridized carbons (Fsp3) is 0.750. The summed E-state index contributed by atoms with van der Waals surface area (Å²) in [7, 11) is 0. The van der Waals surface area contributed by atoms with E-state index in [1.165, 1.54) is 0 Å². The number of cyclic esters (lactones) is 1. The molecule has 2 atom stereocenters. The standard InChI is InChI=1S/C8H11NO3/c1-4(2)7-6-5(12-9-7)3-11-8(6)10/h4-6H,3H2,1-2H3/t5-,6+/m0/s1. The summed E-state index contributed by atoms with van der Waals surface area (Å²) in [5.74, 6) is -0.166. The highest BCUT2D eigenvalue weighted by Crippen LogP contribution is 2.29. The Morgan fingerprint density at radius 1 is 1.58 bits per heavy atom. The van der Waals surface area contributed by atoms with Gasteiger partial charge in [0.05, 0.1) is 5.71 Å². The molecule has 2 heterocycles. The molecule has 2 aliphatic rings. The first-order valence-corrected chi connectivity index (χ1v) is 4.10. The molecule has 0 aliphatic carbocycles. The number of hydrogen-bond donors (Lipinski definition) is 0. The number of ether oxygens (including phenoxy) is 1. The van der Waals surface area contributed by atoms with Crippen LogP contribution in [0, 0.1) is 11.8 Å². The number of carbonyl (C=O) groups excluding carboxylic acids is 1. The molecule has 0 unspecified atom stereocenters. The van der Waals surface area contributed by atoms with Crippen molar-refractivity contribution < 1.29 is 14.4 Å². The SMILES string of the molecule is CC(C)C1=NO[C@H]2COC(=O)[C@@H]12. The second kappa shape index (κ2) is 2.47. The Morgan fingerprint density at radius 3 is 3.00 bits per heavy atom. The average Bonchev–Trinajstić information content (AvgIpc) is 2.53. The molecule has 1 fully saturated rings. The van der Waals surface area contributed by atoms with Crippen LogP contribution in [0.1, 0.15) is 13.8 Å². The van der Waals surface area contributed by atoms with E-state index in [2.05, 4.69) is 5.16 Å². The second-order valence-corrected chi connectivity index (χ2v) is 3.42. The Labute approximate surface area is 70.5 Å². The lowest BCUT2D eigenvalue weighted by Crippen LogP contribution is -2.27. The monoisotopic (exact) mass is 169 g/mol. The van der Waals surface area contributed by atoms with E-state index in [1.807, 2.05) is 13.8 Å². The van der Waals surface area contributed by atoms with Gasteiger partial charge in [-0.3, -0.25) is 4.79 Å². The molecule has 0 N–H and O–H groups in total. The lowest BCUT2D eigenvalue weighted by atomic mass is 9.92. The quantitative estimate of drug-likeness (QED) is 0.539. The maximum absolute atomic E-state index is 11.2. The fourth-order valence-corrected chi connectivity index (χ4v) is 1.55. The molecular weight excluding hydrogens is 158 g/mol. The summed E-state index contributed by atoms with van der Waals surface area (Å²) in [4.78, 5) is 16.3. The number of rotatable bonds is 1. The molecule has 0 aromatic carbocycles. The van der Waals surface area contributed by atoms with Gasteiger partial charge >= 0.3 is 5.97 Å². The molecule has 0 bridgehead atoms. The molecule has 0 aromatic heterocycles. The molecule has 0 amide bonds. The third-order valence-electron chi connectivity index (χ3n) is 2.22. The third-order valence-corrected chi connectivity index (χ3v) is 2.22. The first-order valence-electron chi connectivity index (χ1n) is 4.10. The Balaban J connectivity index is 2.22. The largest absolute Gasteiger partial charge is 0.461 e. The summed E-state index contributed by atoms with van der Waals surface area (Å²) in [6.07, 6.45) is -0.158. The second-order valence-electron chi connectivity index (χ2n) is 3.42. The molecule has 4 nitrogen and oxygen atoms in total. The van der Waals surface area contributed by atoms with Crippen molar-refractivity contribution in [3.05, 3.63) is 0 Å². The van der Waals surface area contributed by atoms with Crippen molar-refractivity contribution in [2.45, 2.75) is 20.0 Å². The first kappa shape index (κ1) is 7.58. The lowest BCUT2D eigenvalue weighted by Gasteiger charge is -2.06. The van der Waals surface area contributed by atoms with Gasteiger partial charge in [0, 0.05) is 0 Å². The van der Waals surface area contributed by atoms with E-state index in [4.69, 9.17) is 9.57 Å². The lowest BCUT2D eigenvalue weighted by molar-refractivity contribution is -0.139. The summed E-state index contributed by atoms with van der Waals surface area (Å²) in [5.41, 5.74) is 0.822. The van der Waals surface area contributed by atoms with E-state index in [1.54, 1.807) is 0 Å². The first-order chi connectivity index (χ1) is 5.70. The van der Waals surface area contributed by atoms with Gasteiger partial charge in [0.2, 0.25) is 0 Å². The van der Waals surface area contributed by atoms with Crippen LogP contribution in [-0.2, 0) is 14.4 Å². The molecule has 0 spiro atoms. The van der Waals surface area contributed by atoms with Crippen molar-refractivity contribution in [1.29, 1.82) is 0 Å². The topological polar surface area (TPSA) is 47.9 Å². The summed E-state index contributed by atoms with van der Waals surface area (Å²) < 4.78 is 4.86. The molecular formula is C8H11NO3. The summed E-state index contributed by atoms with van der Waals surface area (Å²) in [5, 5.41) is 3.89. The summed E-state index contributed by atoms with van der Waals surface area (Å²) in [6, 6.07) is 0. The number of nitrogens with zero attached hydrogens (tertiary/aromatic N) is 1. The number of oxime groups is 1. The molecule has 0 radical (unpaired) electrons. The molecule has 1 saturated heterocycles. The maximum Gasteiger partial charge on any atom is 0.319 e. The van der Waals surface area contributed by atoms with Crippen LogP contribution in [0.25, 0.3) is 0 Å². The van der Waals surface area contributed by atoms with Crippen LogP contribution >= 0.6 is 0 Å². The minimum absolute atomic E-state index is 0.158. The Kier molecular flexibility index (Phi) is 1.56. The van der Waals surface area contributed by atoms with Crippen LogP contribution in [-0.4, -0.2) is 24.4 Å². The summed E-state index contributed by atoms with van der Waals surface area (Å²) >= 11 is 0. The molecule has 66 valence electrons. The van der Waals surface area contributed by atoms with Gasteiger partial charge in [-0.15, -0.1) is 0 Å². The highest BCUT2D eigenvalue weighted by atomic mass is 16.7. The minimum atomic E-state index is -0.231. The maximum atomic E-state index is 11.2. The molecule has 2 rings (SSSR count). The van der Waals surface area contributed by atoms with Crippen molar-refractivity contribution in [1.82, 2.24) is 0 Å². The van der Waals surface area contributed by atoms with E-state index in [-0.39, 0.29) is 23.9 Å². The molecule has 4 heteroatoms. The third kappa shape index (κ3) is 0.906. The number of esters is 1. The van der Waals surface area contributed by atoms with Gasteiger partial charge in [0.15, 0.2) is 6.10 Å². The predicted molar refractivity (Wildman–Crippen MR) is 41.6 cm³/mol. The van der Waals surface area contributed by atoms with Crippen molar-refractivity contribution in [2.24, 2.45) is 17.0 Å². The van der Waals surface area contributed by atoms with Crippen LogP contribution in [0.15, 0.2) is 5.16 Å². The number of carbonyl (C=O) groups is 1. The van der Waals surface area contributed by atoms with Gasteiger partial charge < -0.3 is 9.57 Å². The average molecular weight is 169 g/mol. The number of fused-ring (bicyclic) bond motifs is 1. The zero-order valence-corrected chi connectivity index (χ0v) is 7.11. The minimum Gasteiger partial charge on any atom is -0.461 e. The highest BCUT2D eigenvalue weighted by molar-refractivity contribution is 6.05. The highest BCUT2D eigenvalue weighted by Gasteiger charge is 2.47. The molecule has 0 aromatic rings. The van der Waals surface area contributed by atoms with Crippen molar-refractivity contribution >= 4 is 11.7 Å². The van der Waals surface area contributed by atoms with Gasteiger partial charge in [-0.2, -0.15) is 0 Å². The zero-order chi connectivity index (χ0) is 8.72. The molecule has 2 aliphatic heterocycles. The van der Waals surface area contributed by atoms with Crippen LogP contribution in [0.2, 0.25) is 0 Å². The van der Waals surface area contributed by atoms with Crippen LogP contribution in [0.5, 0.6) is 0 Å². The fourth-order valence-electron chi connectivity index (χ4n) is 1.55. The number of hydrogen-bond acceptors (Lipinski definition) is 4. The molecule has 12 heavy (non-hydrogen) atoms. The van der Waals surface area contributed by atoms with E-state index in [9.17, 15) is 4.79 Å². The van der Waals surface area contributed by atoms with E-state index in [0.717, 1.165) is 5.71 Å². The molecule has 0 saturated carbocycles. The van der Waals surface area contributed by atoms with E-state index in [0.29, 0.717) is 6.61 Å². The Morgan fingerprint density at radius 2 is 2.33 bits per heavy atom. The normalized spacial score (nSPS) is 32.9. The summed E-state index contributed by atoms with van der Waals surface area (Å²) in [6.45, 7) is 4.34. The Bertz CT molecular complexity index is 247. The van der Waals surface area contributed by atoms with Gasteiger partial charge in [-0.1, -0.05) is 19.0 Å². The van der Waals surface area contributed by atoms with Gasteiger partial charge in [0.1, 0.15) is 12.5 Å². The van der Waals surface area contributed by atoms with Crippen LogP contribution in [0.4, 0.5) is 0 Å². The van der Waals surface area contributed by atoms with Gasteiger partial charge in [-0.25, -0.2) is 0 Å². The van der Waals surface area contributed by atoms with E-state index < -0.39 is 0 Å².